The third-order valence-corrected chi connectivity index (χ3v) is 3.60. The van der Waals surface area contributed by atoms with Crippen LogP contribution < -0.4 is 4.74 Å². The predicted octanol–water partition coefficient (Wildman–Crippen LogP) is 3.73. The van der Waals surface area contributed by atoms with Crippen LogP contribution in [0, 0.1) is 0 Å². The highest BCUT2D eigenvalue weighted by molar-refractivity contribution is 9.10. The van der Waals surface area contributed by atoms with Gasteiger partial charge in [-0.2, -0.15) is 0 Å². The van der Waals surface area contributed by atoms with E-state index in [0.717, 1.165) is 12.4 Å². The molecule has 0 amide bonds. The molecule has 0 fully saturated rings. The Balaban J connectivity index is 2.38. The summed E-state index contributed by atoms with van der Waals surface area (Å²) in [4.78, 5) is 0. The van der Waals surface area contributed by atoms with E-state index in [9.17, 15) is 0 Å². The molecule has 1 aliphatic rings. The minimum atomic E-state index is 0.734. The lowest BCUT2D eigenvalue weighted by Crippen LogP contribution is -2.05. The lowest BCUT2D eigenvalue weighted by Gasteiger charge is -2.19. The molecule has 0 aromatic heterocycles. The maximum atomic E-state index is 5.56. The molecule has 0 bridgehead atoms. The van der Waals surface area contributed by atoms with Gasteiger partial charge in [0, 0.05) is 0 Å². The Morgan fingerprint density at radius 1 is 1.29 bits per heavy atom. The van der Waals surface area contributed by atoms with Crippen molar-refractivity contribution >= 4 is 15.9 Å². The first-order valence-corrected chi connectivity index (χ1v) is 6.05. The van der Waals surface area contributed by atoms with Gasteiger partial charge in [-0.25, -0.2) is 0 Å². The Morgan fingerprint density at radius 2 is 2.07 bits per heavy atom. The van der Waals surface area contributed by atoms with Crippen LogP contribution in [0.2, 0.25) is 0 Å². The summed E-state index contributed by atoms with van der Waals surface area (Å²) >= 11 is 3.64. The molecule has 0 N–H and O–H groups in total. The minimum Gasteiger partial charge on any atom is -0.493 e. The van der Waals surface area contributed by atoms with Gasteiger partial charge in [0.2, 0.25) is 0 Å². The Hall–Kier alpha value is -0.500. The van der Waals surface area contributed by atoms with Gasteiger partial charge in [0.25, 0.3) is 0 Å². The molecule has 0 unspecified atom stereocenters. The number of rotatable bonds is 2. The summed E-state index contributed by atoms with van der Waals surface area (Å²) in [6.45, 7) is 2.75. The molecule has 1 aromatic rings. The second-order valence-corrected chi connectivity index (χ2v) is 4.45. The molecule has 2 heteroatoms. The Labute approximate surface area is 93.6 Å². The lowest BCUT2D eigenvalue weighted by atomic mass is 9.92. The number of fused-ring (bicyclic) bond motifs is 1. The molecule has 1 aliphatic carbocycles. The summed E-state index contributed by atoms with van der Waals surface area (Å²) < 4.78 is 6.73. The average Bonchev–Trinajstić information content (AvgIpc) is 2.23. The Bertz CT molecular complexity index is 333. The first-order valence-electron chi connectivity index (χ1n) is 5.26. The highest BCUT2D eigenvalue weighted by Crippen LogP contribution is 2.35. The third kappa shape index (κ3) is 1.81. The van der Waals surface area contributed by atoms with Crippen molar-refractivity contribution in [2.75, 3.05) is 6.61 Å². The number of aryl methyl sites for hydroxylation is 1. The van der Waals surface area contributed by atoms with Crippen LogP contribution >= 0.6 is 15.9 Å². The van der Waals surface area contributed by atoms with E-state index in [1.54, 1.807) is 0 Å². The summed E-state index contributed by atoms with van der Waals surface area (Å²) in [7, 11) is 0. The summed E-state index contributed by atoms with van der Waals surface area (Å²) in [6.07, 6.45) is 5.05. The monoisotopic (exact) mass is 254 g/mol. The second-order valence-electron chi connectivity index (χ2n) is 3.66. The number of ether oxygens (including phenoxy) is 1. The lowest BCUT2D eigenvalue weighted by molar-refractivity contribution is 0.337. The standard InChI is InChI=1S/C12H15BrO/c1-2-14-11-8-7-9-5-3-4-6-10(9)12(11)13/h7-8H,2-6H2,1H3. The van der Waals surface area contributed by atoms with Crippen LogP contribution in [0.1, 0.15) is 30.9 Å². The van der Waals surface area contributed by atoms with Crippen LogP contribution in [-0.2, 0) is 12.8 Å². The zero-order valence-corrected chi connectivity index (χ0v) is 10.1. The first kappa shape index (κ1) is 10.0. The molecular weight excluding hydrogens is 240 g/mol. The number of hydrogen-bond acceptors (Lipinski definition) is 1. The zero-order valence-electron chi connectivity index (χ0n) is 8.48. The van der Waals surface area contributed by atoms with Crippen LogP contribution in [0.15, 0.2) is 16.6 Å². The predicted molar refractivity (Wildman–Crippen MR) is 62.0 cm³/mol. The van der Waals surface area contributed by atoms with Crippen LogP contribution in [0.3, 0.4) is 0 Å². The summed E-state index contributed by atoms with van der Waals surface area (Å²) in [5.74, 6) is 0.994. The quantitative estimate of drug-likeness (QED) is 0.782. The molecule has 0 saturated heterocycles. The smallest absolute Gasteiger partial charge is 0.133 e. The molecule has 0 spiro atoms. The molecule has 0 saturated carbocycles. The Morgan fingerprint density at radius 3 is 2.86 bits per heavy atom. The number of halogens is 1. The largest absolute Gasteiger partial charge is 0.493 e. The fraction of sp³-hybridized carbons (Fsp3) is 0.500. The molecule has 1 aromatic carbocycles. The molecule has 2 rings (SSSR count). The van der Waals surface area contributed by atoms with Gasteiger partial charge in [-0.15, -0.1) is 0 Å². The van der Waals surface area contributed by atoms with Gasteiger partial charge in [0.15, 0.2) is 0 Å². The van der Waals surface area contributed by atoms with E-state index in [0.29, 0.717) is 0 Å². The topological polar surface area (TPSA) is 9.23 Å². The van der Waals surface area contributed by atoms with E-state index in [-0.39, 0.29) is 0 Å². The normalized spacial score (nSPS) is 15.0. The molecule has 0 aliphatic heterocycles. The molecule has 0 radical (unpaired) electrons. The van der Waals surface area contributed by atoms with Crippen LogP contribution in [-0.4, -0.2) is 6.61 Å². The fourth-order valence-corrected chi connectivity index (χ4v) is 2.73. The summed E-state index contributed by atoms with van der Waals surface area (Å²) in [5.41, 5.74) is 2.95. The van der Waals surface area contributed by atoms with Gasteiger partial charge in [0.05, 0.1) is 11.1 Å². The zero-order chi connectivity index (χ0) is 9.97. The van der Waals surface area contributed by atoms with Crippen LogP contribution in [0.5, 0.6) is 5.75 Å². The average molecular weight is 255 g/mol. The van der Waals surface area contributed by atoms with E-state index in [1.165, 1.54) is 41.3 Å². The van der Waals surface area contributed by atoms with Crippen molar-refractivity contribution in [3.8, 4) is 5.75 Å². The number of hydrogen-bond donors (Lipinski definition) is 0. The molecule has 0 atom stereocenters. The van der Waals surface area contributed by atoms with E-state index in [1.807, 2.05) is 6.92 Å². The second kappa shape index (κ2) is 4.35. The molecular formula is C12H15BrO. The highest BCUT2D eigenvalue weighted by Gasteiger charge is 2.15. The maximum Gasteiger partial charge on any atom is 0.133 e. The Kier molecular flexibility index (Phi) is 3.12. The van der Waals surface area contributed by atoms with Crippen molar-refractivity contribution < 1.29 is 4.74 Å². The van der Waals surface area contributed by atoms with Gasteiger partial charge < -0.3 is 4.74 Å². The molecule has 14 heavy (non-hydrogen) atoms. The van der Waals surface area contributed by atoms with E-state index in [4.69, 9.17) is 4.74 Å². The van der Waals surface area contributed by atoms with Gasteiger partial charge in [-0.05, 0) is 65.7 Å². The first-order chi connectivity index (χ1) is 6.83. The van der Waals surface area contributed by atoms with Gasteiger partial charge in [0.1, 0.15) is 5.75 Å². The third-order valence-electron chi connectivity index (χ3n) is 2.73. The van der Waals surface area contributed by atoms with Crippen molar-refractivity contribution in [3.05, 3.63) is 27.7 Å². The summed E-state index contributed by atoms with van der Waals surface area (Å²) in [5, 5.41) is 0. The van der Waals surface area contributed by atoms with Gasteiger partial charge in [-0.1, -0.05) is 6.07 Å². The molecule has 0 heterocycles. The number of benzene rings is 1. The van der Waals surface area contributed by atoms with Gasteiger partial charge >= 0.3 is 0 Å². The van der Waals surface area contributed by atoms with E-state index in [2.05, 4.69) is 28.1 Å². The van der Waals surface area contributed by atoms with Crippen molar-refractivity contribution in [2.24, 2.45) is 0 Å². The summed E-state index contributed by atoms with van der Waals surface area (Å²) in [6, 6.07) is 4.29. The van der Waals surface area contributed by atoms with Crippen molar-refractivity contribution in [1.29, 1.82) is 0 Å². The minimum absolute atomic E-state index is 0.734. The SMILES string of the molecule is CCOc1ccc2c(c1Br)CCCC2. The van der Waals surface area contributed by atoms with E-state index >= 15 is 0 Å². The molecule has 76 valence electrons. The maximum absolute atomic E-state index is 5.56. The van der Waals surface area contributed by atoms with Crippen molar-refractivity contribution in [3.63, 3.8) is 0 Å². The van der Waals surface area contributed by atoms with E-state index < -0.39 is 0 Å². The van der Waals surface area contributed by atoms with Crippen molar-refractivity contribution in [2.45, 2.75) is 32.6 Å². The molecule has 1 nitrogen and oxygen atoms in total. The highest BCUT2D eigenvalue weighted by atomic mass is 79.9. The van der Waals surface area contributed by atoms with Gasteiger partial charge in [-0.3, -0.25) is 0 Å². The fourth-order valence-electron chi connectivity index (χ4n) is 2.03. The van der Waals surface area contributed by atoms with Crippen LogP contribution in [0.4, 0.5) is 0 Å². The van der Waals surface area contributed by atoms with Crippen LogP contribution in [0.25, 0.3) is 0 Å². The van der Waals surface area contributed by atoms with Crippen molar-refractivity contribution in [1.82, 2.24) is 0 Å².